The monoisotopic (exact) mass is 333 g/mol. The zero-order chi connectivity index (χ0) is 17.5. The van der Waals surface area contributed by atoms with Crippen LogP contribution < -0.4 is 10.1 Å². The third-order valence-corrected chi connectivity index (χ3v) is 3.71. The molecule has 3 rings (SSSR count). The van der Waals surface area contributed by atoms with Gasteiger partial charge >= 0.3 is 0 Å². The molecule has 0 bridgehead atoms. The maximum Gasteiger partial charge on any atom is 0.258 e. The Bertz CT molecular complexity index is 850. The molecule has 0 saturated heterocycles. The molecule has 1 N–H and O–H groups in total. The SMILES string of the molecule is Cc1ccccc1OCC(=O)NCc1cc(-c2ccccc2)ncn1. The second kappa shape index (κ2) is 8.06. The molecule has 0 aliphatic heterocycles. The maximum atomic E-state index is 12.0. The lowest BCUT2D eigenvalue weighted by molar-refractivity contribution is -0.123. The van der Waals surface area contributed by atoms with Crippen LogP contribution in [0.25, 0.3) is 11.3 Å². The first-order valence-electron chi connectivity index (χ1n) is 8.04. The van der Waals surface area contributed by atoms with Crippen LogP contribution in [-0.2, 0) is 11.3 Å². The van der Waals surface area contributed by atoms with Crippen molar-refractivity contribution >= 4 is 5.91 Å². The summed E-state index contributed by atoms with van der Waals surface area (Å²) in [5, 5.41) is 2.81. The van der Waals surface area contributed by atoms with Crippen LogP contribution in [0.15, 0.2) is 67.0 Å². The van der Waals surface area contributed by atoms with Gasteiger partial charge < -0.3 is 10.1 Å². The Labute approximate surface area is 146 Å². The zero-order valence-electron chi connectivity index (χ0n) is 14.0. The molecule has 2 aromatic carbocycles. The topological polar surface area (TPSA) is 64.1 Å². The van der Waals surface area contributed by atoms with Crippen molar-refractivity contribution in [2.24, 2.45) is 0 Å². The van der Waals surface area contributed by atoms with Gasteiger partial charge in [0, 0.05) is 5.56 Å². The molecule has 0 radical (unpaired) electrons. The Kier molecular flexibility index (Phi) is 5.36. The standard InChI is InChI=1S/C20H19N3O2/c1-15-7-5-6-10-19(15)25-13-20(24)21-12-17-11-18(23-14-22-17)16-8-3-2-4-9-16/h2-11,14H,12-13H2,1H3,(H,21,24). The molecule has 0 aliphatic rings. The number of rotatable bonds is 6. The predicted molar refractivity (Wildman–Crippen MR) is 96.0 cm³/mol. The fourth-order valence-corrected chi connectivity index (χ4v) is 2.36. The van der Waals surface area contributed by atoms with Crippen molar-refractivity contribution in [3.8, 4) is 17.0 Å². The summed E-state index contributed by atoms with van der Waals surface area (Å²) in [7, 11) is 0. The number of nitrogens with zero attached hydrogens (tertiary/aromatic N) is 2. The van der Waals surface area contributed by atoms with E-state index >= 15 is 0 Å². The van der Waals surface area contributed by atoms with Crippen LogP contribution in [0.3, 0.4) is 0 Å². The lowest BCUT2D eigenvalue weighted by Crippen LogP contribution is -2.28. The van der Waals surface area contributed by atoms with Gasteiger partial charge in [-0.1, -0.05) is 48.5 Å². The van der Waals surface area contributed by atoms with Crippen molar-refractivity contribution in [2.75, 3.05) is 6.61 Å². The minimum Gasteiger partial charge on any atom is -0.484 e. The summed E-state index contributed by atoms with van der Waals surface area (Å²) in [6.07, 6.45) is 1.51. The minimum atomic E-state index is -0.192. The van der Waals surface area contributed by atoms with Gasteiger partial charge in [-0.15, -0.1) is 0 Å². The minimum absolute atomic E-state index is 0.0263. The summed E-state index contributed by atoms with van der Waals surface area (Å²) in [5.41, 5.74) is 3.59. The van der Waals surface area contributed by atoms with Crippen molar-refractivity contribution in [1.82, 2.24) is 15.3 Å². The molecule has 0 aliphatic carbocycles. The highest BCUT2D eigenvalue weighted by molar-refractivity contribution is 5.77. The molecule has 0 saturated carbocycles. The number of aryl methyl sites for hydroxylation is 1. The molecule has 25 heavy (non-hydrogen) atoms. The Morgan fingerprint density at radius 3 is 2.60 bits per heavy atom. The van der Waals surface area contributed by atoms with Gasteiger partial charge in [-0.05, 0) is 24.6 Å². The molecule has 1 aromatic heterocycles. The van der Waals surface area contributed by atoms with E-state index in [0.717, 1.165) is 22.5 Å². The molecule has 5 heteroatoms. The molecule has 0 atom stereocenters. The Balaban J connectivity index is 1.55. The molecular formula is C20H19N3O2. The van der Waals surface area contributed by atoms with Gasteiger partial charge in [-0.3, -0.25) is 4.79 Å². The van der Waals surface area contributed by atoms with Crippen LogP contribution in [0.2, 0.25) is 0 Å². The average molecular weight is 333 g/mol. The Hall–Kier alpha value is -3.21. The second-order valence-corrected chi connectivity index (χ2v) is 5.59. The maximum absolute atomic E-state index is 12.0. The molecule has 1 heterocycles. The average Bonchev–Trinajstić information content (AvgIpc) is 2.67. The molecule has 0 fully saturated rings. The molecule has 0 unspecified atom stereocenters. The Morgan fingerprint density at radius 2 is 1.80 bits per heavy atom. The number of carbonyl (C=O) groups excluding carboxylic acids is 1. The van der Waals surface area contributed by atoms with E-state index in [2.05, 4.69) is 15.3 Å². The van der Waals surface area contributed by atoms with E-state index < -0.39 is 0 Å². The third kappa shape index (κ3) is 4.64. The van der Waals surface area contributed by atoms with Gasteiger partial charge in [-0.25, -0.2) is 9.97 Å². The fourth-order valence-electron chi connectivity index (χ4n) is 2.36. The molecule has 126 valence electrons. The van der Waals surface area contributed by atoms with E-state index in [9.17, 15) is 4.79 Å². The lowest BCUT2D eigenvalue weighted by Gasteiger charge is -2.09. The van der Waals surface area contributed by atoms with Crippen molar-refractivity contribution in [3.05, 3.63) is 78.2 Å². The van der Waals surface area contributed by atoms with Gasteiger partial charge in [0.1, 0.15) is 12.1 Å². The van der Waals surface area contributed by atoms with Gasteiger partial charge in [0.25, 0.3) is 5.91 Å². The summed E-state index contributed by atoms with van der Waals surface area (Å²) in [4.78, 5) is 20.5. The third-order valence-electron chi connectivity index (χ3n) is 3.71. The first-order chi connectivity index (χ1) is 12.2. The van der Waals surface area contributed by atoms with E-state index in [-0.39, 0.29) is 12.5 Å². The number of para-hydroxylation sites is 1. The van der Waals surface area contributed by atoms with Gasteiger partial charge in [0.15, 0.2) is 6.61 Å². The number of carbonyl (C=O) groups is 1. The molecule has 0 spiro atoms. The smallest absolute Gasteiger partial charge is 0.258 e. The van der Waals surface area contributed by atoms with Gasteiger partial charge in [0.05, 0.1) is 17.9 Å². The van der Waals surface area contributed by atoms with E-state index in [4.69, 9.17) is 4.74 Å². The highest BCUT2D eigenvalue weighted by Gasteiger charge is 2.06. The van der Waals surface area contributed by atoms with E-state index in [1.54, 1.807) is 0 Å². The summed E-state index contributed by atoms with van der Waals surface area (Å²) in [5.74, 6) is 0.522. The summed E-state index contributed by atoms with van der Waals surface area (Å²) >= 11 is 0. The summed E-state index contributed by atoms with van der Waals surface area (Å²) in [6, 6.07) is 19.3. The number of hydrogen-bond acceptors (Lipinski definition) is 4. The van der Waals surface area contributed by atoms with Crippen LogP contribution >= 0.6 is 0 Å². The van der Waals surface area contributed by atoms with E-state index in [0.29, 0.717) is 12.3 Å². The van der Waals surface area contributed by atoms with Crippen molar-refractivity contribution in [1.29, 1.82) is 0 Å². The molecule has 3 aromatic rings. The van der Waals surface area contributed by atoms with Crippen LogP contribution in [0, 0.1) is 6.92 Å². The predicted octanol–water partition coefficient (Wildman–Crippen LogP) is 3.15. The van der Waals surface area contributed by atoms with Crippen molar-refractivity contribution in [3.63, 3.8) is 0 Å². The second-order valence-electron chi connectivity index (χ2n) is 5.59. The molecular weight excluding hydrogens is 314 g/mol. The normalized spacial score (nSPS) is 10.3. The van der Waals surface area contributed by atoms with Crippen LogP contribution in [0.4, 0.5) is 0 Å². The molecule has 5 nitrogen and oxygen atoms in total. The Morgan fingerprint density at radius 1 is 1.04 bits per heavy atom. The van der Waals surface area contributed by atoms with Crippen molar-refractivity contribution < 1.29 is 9.53 Å². The largest absolute Gasteiger partial charge is 0.484 e. The fraction of sp³-hybridized carbons (Fsp3) is 0.150. The quantitative estimate of drug-likeness (QED) is 0.753. The van der Waals surface area contributed by atoms with Crippen molar-refractivity contribution in [2.45, 2.75) is 13.5 Å². The molecule has 1 amide bonds. The van der Waals surface area contributed by atoms with Crippen LogP contribution in [0.5, 0.6) is 5.75 Å². The van der Waals surface area contributed by atoms with Crippen LogP contribution in [0.1, 0.15) is 11.3 Å². The number of ether oxygens (including phenoxy) is 1. The van der Waals surface area contributed by atoms with Gasteiger partial charge in [0.2, 0.25) is 0 Å². The number of amides is 1. The van der Waals surface area contributed by atoms with E-state index in [1.807, 2.05) is 67.6 Å². The number of hydrogen-bond donors (Lipinski definition) is 1. The first kappa shape index (κ1) is 16.6. The number of nitrogens with one attached hydrogen (secondary N) is 1. The first-order valence-corrected chi connectivity index (χ1v) is 8.04. The summed E-state index contributed by atoms with van der Waals surface area (Å²) in [6.45, 7) is 2.25. The highest BCUT2D eigenvalue weighted by atomic mass is 16.5. The summed E-state index contributed by atoms with van der Waals surface area (Å²) < 4.78 is 5.54. The van der Waals surface area contributed by atoms with Crippen LogP contribution in [-0.4, -0.2) is 22.5 Å². The zero-order valence-corrected chi connectivity index (χ0v) is 14.0. The number of aromatic nitrogens is 2. The lowest BCUT2D eigenvalue weighted by atomic mass is 10.1. The highest BCUT2D eigenvalue weighted by Crippen LogP contribution is 2.17. The van der Waals surface area contributed by atoms with Gasteiger partial charge in [-0.2, -0.15) is 0 Å². The van der Waals surface area contributed by atoms with E-state index in [1.165, 1.54) is 6.33 Å². The number of benzene rings is 2.